The van der Waals surface area contributed by atoms with E-state index in [1.807, 2.05) is 0 Å². The maximum Gasteiger partial charge on any atom is 0.187 e. The summed E-state index contributed by atoms with van der Waals surface area (Å²) in [6.45, 7) is -4.37. The molecular formula is C30H52O26. The Balaban J connectivity index is 1.34. The zero-order valence-corrected chi connectivity index (χ0v) is 29.2. The van der Waals surface area contributed by atoms with Crippen LogP contribution in [0.3, 0.4) is 0 Å². The van der Waals surface area contributed by atoms with Gasteiger partial charge >= 0.3 is 0 Å². The lowest BCUT2D eigenvalue weighted by Crippen LogP contribution is -2.67. The van der Waals surface area contributed by atoms with Crippen LogP contribution in [0.4, 0.5) is 0 Å². The number of aliphatic hydroxyl groups excluding tert-OH is 17. The summed E-state index contributed by atoms with van der Waals surface area (Å²) >= 11 is 0. The van der Waals surface area contributed by atoms with Gasteiger partial charge in [0, 0.05) is 0 Å². The van der Waals surface area contributed by atoms with E-state index >= 15 is 0 Å². The van der Waals surface area contributed by atoms with Crippen LogP contribution in [0.15, 0.2) is 0 Å². The van der Waals surface area contributed by atoms with Gasteiger partial charge in [0.25, 0.3) is 0 Å². The number of hydrogen-bond donors (Lipinski definition) is 17. The van der Waals surface area contributed by atoms with Crippen LogP contribution >= 0.6 is 0 Å². The molecule has 5 rings (SSSR count). The first-order chi connectivity index (χ1) is 26.5. The molecule has 0 aromatic rings. The highest BCUT2D eigenvalue weighted by atomic mass is 16.8. The van der Waals surface area contributed by atoms with E-state index in [2.05, 4.69) is 0 Å². The summed E-state index contributed by atoms with van der Waals surface area (Å²) < 4.78 is 49.5. The van der Waals surface area contributed by atoms with Gasteiger partial charge in [0.2, 0.25) is 0 Å². The molecule has 25 unspecified atom stereocenters. The normalized spacial score (nSPS) is 53.2. The Morgan fingerprint density at radius 3 is 1.07 bits per heavy atom. The Bertz CT molecular complexity index is 1200. The van der Waals surface area contributed by atoms with Crippen molar-refractivity contribution in [1.29, 1.82) is 0 Å². The van der Waals surface area contributed by atoms with E-state index < -0.39 is 187 Å². The van der Waals surface area contributed by atoms with Crippen LogP contribution in [0.25, 0.3) is 0 Å². The van der Waals surface area contributed by atoms with Crippen molar-refractivity contribution < 1.29 is 129 Å². The summed E-state index contributed by atoms with van der Waals surface area (Å²) in [5.41, 5.74) is 0. The molecule has 0 aliphatic carbocycles. The Kier molecular flexibility index (Phi) is 16.1. The van der Waals surface area contributed by atoms with Crippen LogP contribution in [0, 0.1) is 0 Å². The van der Waals surface area contributed by atoms with E-state index in [4.69, 9.17) is 42.6 Å². The Hall–Kier alpha value is -1.04. The fourth-order valence-electron chi connectivity index (χ4n) is 6.93. The van der Waals surface area contributed by atoms with Gasteiger partial charge in [0.1, 0.15) is 122 Å². The first-order valence-corrected chi connectivity index (χ1v) is 17.6. The van der Waals surface area contributed by atoms with Gasteiger partial charge in [0.05, 0.1) is 33.0 Å². The molecule has 5 heterocycles. The molecule has 56 heavy (non-hydrogen) atoms. The third-order valence-electron chi connectivity index (χ3n) is 10.3. The van der Waals surface area contributed by atoms with Crippen LogP contribution in [-0.4, -0.2) is 273 Å². The van der Waals surface area contributed by atoms with Crippen LogP contribution in [0.2, 0.25) is 0 Å². The first kappa shape index (κ1) is 46.0. The number of hydrogen-bond acceptors (Lipinski definition) is 26. The minimum Gasteiger partial charge on any atom is -0.394 e. The molecule has 0 saturated carbocycles. The van der Waals surface area contributed by atoms with E-state index in [1.54, 1.807) is 0 Å². The summed E-state index contributed by atoms with van der Waals surface area (Å²) in [6, 6.07) is 0. The van der Waals surface area contributed by atoms with Crippen molar-refractivity contribution >= 4 is 0 Å². The van der Waals surface area contributed by atoms with Crippen molar-refractivity contribution in [3.63, 3.8) is 0 Å². The average molecular weight is 829 g/mol. The Labute approximate surface area is 316 Å². The quantitative estimate of drug-likeness (QED) is 0.0819. The highest BCUT2D eigenvalue weighted by Gasteiger charge is 2.55. The summed E-state index contributed by atoms with van der Waals surface area (Å²) in [4.78, 5) is 0. The van der Waals surface area contributed by atoms with Gasteiger partial charge in [-0.1, -0.05) is 0 Å². The molecule has 5 aliphatic heterocycles. The van der Waals surface area contributed by atoms with E-state index in [-0.39, 0.29) is 0 Å². The highest BCUT2D eigenvalue weighted by molar-refractivity contribution is 4.98. The molecule has 0 aromatic carbocycles. The number of rotatable bonds is 13. The largest absolute Gasteiger partial charge is 0.394 e. The van der Waals surface area contributed by atoms with Gasteiger partial charge in [-0.3, -0.25) is 0 Å². The second kappa shape index (κ2) is 19.6. The molecule has 5 fully saturated rings. The summed E-state index contributed by atoms with van der Waals surface area (Å²) in [6.07, 6.45) is -46.3. The predicted octanol–water partition coefficient (Wildman–Crippen LogP) is -11.9. The van der Waals surface area contributed by atoms with Gasteiger partial charge in [-0.05, 0) is 0 Å². The second-order valence-electron chi connectivity index (χ2n) is 14.0. The van der Waals surface area contributed by atoms with Crippen molar-refractivity contribution in [3.8, 4) is 0 Å². The second-order valence-corrected chi connectivity index (χ2v) is 14.0. The van der Waals surface area contributed by atoms with E-state index in [9.17, 15) is 86.8 Å². The average Bonchev–Trinajstić information content (AvgIpc) is 3.19. The Morgan fingerprint density at radius 2 is 0.625 bits per heavy atom. The molecule has 0 bridgehead atoms. The molecule has 5 aliphatic rings. The summed E-state index contributed by atoms with van der Waals surface area (Å²) in [5.74, 6) is 0. The lowest BCUT2D eigenvalue weighted by Gasteiger charge is -2.49. The molecule has 328 valence electrons. The van der Waals surface area contributed by atoms with Crippen LogP contribution in [0.5, 0.6) is 0 Å². The topological polar surface area (TPSA) is 427 Å². The van der Waals surface area contributed by atoms with Crippen molar-refractivity contribution in [2.75, 3.05) is 33.0 Å². The van der Waals surface area contributed by atoms with Gasteiger partial charge < -0.3 is 129 Å². The lowest BCUT2D eigenvalue weighted by atomic mass is 9.95. The lowest BCUT2D eigenvalue weighted by molar-refractivity contribution is -0.391. The highest BCUT2D eigenvalue weighted by Crippen LogP contribution is 2.35. The molecule has 0 amide bonds. The van der Waals surface area contributed by atoms with E-state index in [0.29, 0.717) is 0 Å². The van der Waals surface area contributed by atoms with E-state index in [0.717, 1.165) is 0 Å². The van der Waals surface area contributed by atoms with Crippen molar-refractivity contribution in [2.24, 2.45) is 0 Å². The van der Waals surface area contributed by atoms with Gasteiger partial charge in [-0.25, -0.2) is 0 Å². The molecule has 0 aromatic heterocycles. The Morgan fingerprint density at radius 1 is 0.304 bits per heavy atom. The maximum absolute atomic E-state index is 11.3. The molecule has 25 atom stereocenters. The summed E-state index contributed by atoms with van der Waals surface area (Å²) in [5, 5.41) is 176. The minimum atomic E-state index is -2.17. The number of aliphatic hydroxyl groups is 17. The van der Waals surface area contributed by atoms with Crippen molar-refractivity contribution in [1.82, 2.24) is 0 Å². The molecular weight excluding hydrogens is 776 g/mol. The molecule has 26 nitrogen and oxygen atoms in total. The zero-order valence-electron chi connectivity index (χ0n) is 29.2. The minimum absolute atomic E-state index is 0.827. The van der Waals surface area contributed by atoms with Gasteiger partial charge in [-0.2, -0.15) is 0 Å². The maximum atomic E-state index is 11.3. The van der Waals surface area contributed by atoms with Crippen LogP contribution < -0.4 is 0 Å². The fraction of sp³-hybridized carbons (Fsp3) is 1.00. The molecule has 0 radical (unpaired) electrons. The summed E-state index contributed by atoms with van der Waals surface area (Å²) in [7, 11) is 0. The van der Waals surface area contributed by atoms with Crippen LogP contribution in [-0.2, 0) is 42.6 Å². The predicted molar refractivity (Wildman–Crippen MR) is 167 cm³/mol. The molecule has 5 saturated heterocycles. The SMILES string of the molecule is OCC1OC(OCC2OC(OC3C(CO)OC(OC4C(CO)OC(O)C(O)C4O)C(O)C3O)C(O)C(O)C2OC2OC(CO)C(O)C(O)C2O)C(O)C(O)C1O. The third-order valence-corrected chi connectivity index (χ3v) is 10.3. The fourth-order valence-corrected chi connectivity index (χ4v) is 6.93. The van der Waals surface area contributed by atoms with Crippen molar-refractivity contribution in [2.45, 2.75) is 154 Å². The zero-order chi connectivity index (χ0) is 41.3. The smallest absolute Gasteiger partial charge is 0.187 e. The van der Waals surface area contributed by atoms with Gasteiger partial charge in [-0.15, -0.1) is 0 Å². The molecule has 0 spiro atoms. The number of ether oxygens (including phenoxy) is 9. The molecule has 26 heteroatoms. The van der Waals surface area contributed by atoms with Crippen LogP contribution in [0.1, 0.15) is 0 Å². The monoisotopic (exact) mass is 828 g/mol. The van der Waals surface area contributed by atoms with Gasteiger partial charge in [0.15, 0.2) is 31.5 Å². The van der Waals surface area contributed by atoms with E-state index in [1.165, 1.54) is 0 Å². The first-order valence-electron chi connectivity index (χ1n) is 17.6. The molecule has 17 N–H and O–H groups in total. The third kappa shape index (κ3) is 9.31. The van der Waals surface area contributed by atoms with Crippen molar-refractivity contribution in [3.05, 3.63) is 0 Å². The standard InChI is InChI=1S/C30H52O26/c31-1-6-11(35)13(37)19(43)27(50-6)48-5-10-25(56-28-20(44)14(38)12(36)7(2-32)51-28)17(41)22(46)30(53-10)55-24-9(4-34)52-29(21(45)16(24)40)54-23-8(3-33)49-26(47)18(42)15(23)39/h6-47H,1-5H2.